The van der Waals surface area contributed by atoms with Gasteiger partial charge in [0, 0.05) is 6.26 Å². The number of nitrogens with two attached hydrogens (primary N) is 1. The molecule has 0 aromatic heterocycles. The van der Waals surface area contributed by atoms with Crippen LogP contribution in [0.3, 0.4) is 0 Å². The van der Waals surface area contributed by atoms with E-state index in [0.29, 0.717) is 5.56 Å². The van der Waals surface area contributed by atoms with Crippen molar-refractivity contribution in [3.63, 3.8) is 0 Å². The van der Waals surface area contributed by atoms with E-state index >= 15 is 0 Å². The summed E-state index contributed by atoms with van der Waals surface area (Å²) in [5.41, 5.74) is 0.510. The first-order chi connectivity index (χ1) is 9.43. The second-order valence-corrected chi connectivity index (χ2v) is 8.75. The van der Waals surface area contributed by atoms with Crippen LogP contribution in [0.1, 0.15) is 25.5 Å². The smallest absolute Gasteiger partial charge is 0.238 e. The Balaban J connectivity index is 2.96. The molecule has 21 heavy (non-hydrogen) atoms. The van der Waals surface area contributed by atoms with Gasteiger partial charge < -0.3 is 5.32 Å². The van der Waals surface area contributed by atoms with Gasteiger partial charge in [0.25, 0.3) is 0 Å². The summed E-state index contributed by atoms with van der Waals surface area (Å²) in [4.78, 5) is 11.8. The molecule has 0 bridgehead atoms. The topological polar surface area (TPSA) is 123 Å². The van der Waals surface area contributed by atoms with Crippen molar-refractivity contribution < 1.29 is 21.6 Å². The van der Waals surface area contributed by atoms with Gasteiger partial charge in [-0.05, 0) is 31.5 Å². The molecule has 1 aromatic carbocycles. The van der Waals surface area contributed by atoms with Gasteiger partial charge in [0.15, 0.2) is 9.84 Å². The molecule has 3 N–H and O–H groups in total. The molecule has 0 aliphatic rings. The maximum Gasteiger partial charge on any atom is 0.238 e. The minimum Gasteiger partial charge on any atom is -0.348 e. The zero-order chi connectivity index (χ0) is 16.4. The lowest BCUT2D eigenvalue weighted by molar-refractivity contribution is -0.121. The number of primary sulfonamides is 1. The molecule has 7 nitrogen and oxygen atoms in total. The van der Waals surface area contributed by atoms with Crippen LogP contribution in [0.5, 0.6) is 0 Å². The highest BCUT2D eigenvalue weighted by Crippen LogP contribution is 2.17. The standard InChI is InChI=1S/C12H18N2O5S2/c1-8(14-12(15)9(2)20(3,16)17)10-5-4-6-11(7-10)21(13,18)19/h4-9H,1-3H3,(H,14,15)(H2,13,18,19). The molecule has 9 heteroatoms. The van der Waals surface area contributed by atoms with Gasteiger partial charge in [0.1, 0.15) is 5.25 Å². The van der Waals surface area contributed by atoms with Crippen molar-refractivity contribution in [2.24, 2.45) is 5.14 Å². The van der Waals surface area contributed by atoms with Crippen LogP contribution >= 0.6 is 0 Å². The number of sulfonamides is 1. The number of hydrogen-bond donors (Lipinski definition) is 2. The predicted octanol–water partition coefficient (Wildman–Crippen LogP) is -0.0557. The number of carbonyl (C=O) groups excluding carboxylic acids is 1. The van der Waals surface area contributed by atoms with Crippen LogP contribution in [0, 0.1) is 0 Å². The monoisotopic (exact) mass is 334 g/mol. The highest BCUT2D eigenvalue weighted by Gasteiger charge is 2.25. The van der Waals surface area contributed by atoms with E-state index in [4.69, 9.17) is 5.14 Å². The number of carbonyl (C=O) groups is 1. The van der Waals surface area contributed by atoms with E-state index in [9.17, 15) is 21.6 Å². The zero-order valence-corrected chi connectivity index (χ0v) is 13.5. The maximum absolute atomic E-state index is 11.8. The lowest BCUT2D eigenvalue weighted by atomic mass is 10.1. The Morgan fingerprint density at radius 2 is 1.76 bits per heavy atom. The van der Waals surface area contributed by atoms with Crippen molar-refractivity contribution in [1.82, 2.24) is 5.32 Å². The Morgan fingerprint density at radius 1 is 1.19 bits per heavy atom. The lowest BCUT2D eigenvalue weighted by Crippen LogP contribution is -2.38. The van der Waals surface area contributed by atoms with Gasteiger partial charge in [-0.3, -0.25) is 4.79 Å². The van der Waals surface area contributed by atoms with Crippen LogP contribution < -0.4 is 10.5 Å². The highest BCUT2D eigenvalue weighted by molar-refractivity contribution is 7.92. The molecule has 2 unspecified atom stereocenters. The molecule has 0 radical (unpaired) electrons. The number of sulfone groups is 1. The highest BCUT2D eigenvalue weighted by atomic mass is 32.2. The molecule has 1 rings (SSSR count). The van der Waals surface area contributed by atoms with Gasteiger partial charge in [0.05, 0.1) is 10.9 Å². The number of benzene rings is 1. The fraction of sp³-hybridized carbons (Fsp3) is 0.417. The molecule has 2 atom stereocenters. The van der Waals surface area contributed by atoms with Crippen molar-refractivity contribution in [1.29, 1.82) is 0 Å². The Bertz CT molecular complexity index is 741. The molecule has 0 aliphatic carbocycles. The lowest BCUT2D eigenvalue weighted by Gasteiger charge is -2.17. The van der Waals surface area contributed by atoms with E-state index in [1.54, 1.807) is 13.0 Å². The molecule has 0 saturated carbocycles. The molecular formula is C12H18N2O5S2. The molecular weight excluding hydrogens is 316 g/mol. The van der Waals surface area contributed by atoms with Crippen molar-refractivity contribution in [2.75, 3.05) is 6.26 Å². The van der Waals surface area contributed by atoms with Gasteiger partial charge >= 0.3 is 0 Å². The van der Waals surface area contributed by atoms with Crippen molar-refractivity contribution >= 4 is 25.8 Å². The Morgan fingerprint density at radius 3 is 2.24 bits per heavy atom. The van der Waals surface area contributed by atoms with Crippen molar-refractivity contribution in [2.45, 2.75) is 30.0 Å². The summed E-state index contributed by atoms with van der Waals surface area (Å²) < 4.78 is 45.2. The second-order valence-electron chi connectivity index (χ2n) is 4.82. The molecule has 0 saturated heterocycles. The SMILES string of the molecule is CC(NC(=O)C(C)S(C)(=O)=O)c1cccc(S(N)(=O)=O)c1. The van der Waals surface area contributed by atoms with Gasteiger partial charge in [-0.25, -0.2) is 22.0 Å². The van der Waals surface area contributed by atoms with Gasteiger partial charge in [-0.2, -0.15) is 0 Å². The van der Waals surface area contributed by atoms with Crippen LogP contribution in [0.2, 0.25) is 0 Å². The summed E-state index contributed by atoms with van der Waals surface area (Å²) in [6.07, 6.45) is 0.976. The fourth-order valence-corrected chi connectivity index (χ4v) is 2.59. The Labute approximate surface area is 124 Å². The molecule has 1 amide bonds. The van der Waals surface area contributed by atoms with E-state index in [-0.39, 0.29) is 4.90 Å². The zero-order valence-electron chi connectivity index (χ0n) is 11.9. The minimum absolute atomic E-state index is 0.0720. The minimum atomic E-state index is -3.84. The summed E-state index contributed by atoms with van der Waals surface area (Å²) in [6.45, 7) is 2.91. The Hall–Kier alpha value is -1.45. The first kappa shape index (κ1) is 17.6. The van der Waals surface area contributed by atoms with Crippen molar-refractivity contribution in [3.05, 3.63) is 29.8 Å². The van der Waals surface area contributed by atoms with E-state index in [1.165, 1.54) is 25.1 Å². The molecule has 0 heterocycles. The molecule has 0 spiro atoms. The number of nitrogens with one attached hydrogen (secondary N) is 1. The summed E-state index contributed by atoms with van der Waals surface area (Å²) in [7, 11) is -7.32. The third-order valence-corrected chi connectivity index (χ3v) is 5.47. The van der Waals surface area contributed by atoms with E-state index < -0.39 is 37.1 Å². The van der Waals surface area contributed by atoms with Crippen LogP contribution in [0.4, 0.5) is 0 Å². The number of amides is 1. The van der Waals surface area contributed by atoms with Crippen LogP contribution in [-0.2, 0) is 24.7 Å². The Kier molecular flexibility index (Phi) is 5.13. The van der Waals surface area contributed by atoms with E-state index in [2.05, 4.69) is 5.32 Å². The van der Waals surface area contributed by atoms with Gasteiger partial charge in [-0.15, -0.1) is 0 Å². The summed E-state index contributed by atoms with van der Waals surface area (Å²) in [5, 5.41) is 6.39. The van der Waals surface area contributed by atoms with Crippen LogP contribution in [-0.4, -0.2) is 34.2 Å². The molecule has 0 aliphatic heterocycles. The predicted molar refractivity (Wildman–Crippen MR) is 78.7 cm³/mol. The molecule has 118 valence electrons. The fourth-order valence-electron chi connectivity index (χ4n) is 1.57. The summed E-state index contributed by atoms with van der Waals surface area (Å²) in [5.74, 6) is -0.647. The van der Waals surface area contributed by atoms with E-state index in [0.717, 1.165) is 6.26 Å². The summed E-state index contributed by atoms with van der Waals surface area (Å²) >= 11 is 0. The first-order valence-electron chi connectivity index (χ1n) is 6.05. The van der Waals surface area contributed by atoms with Crippen LogP contribution in [0.15, 0.2) is 29.2 Å². The molecule has 1 aromatic rings. The average Bonchev–Trinajstić information content (AvgIpc) is 2.35. The van der Waals surface area contributed by atoms with Crippen molar-refractivity contribution in [3.8, 4) is 0 Å². The van der Waals surface area contributed by atoms with Gasteiger partial charge in [-0.1, -0.05) is 12.1 Å². The number of hydrogen-bond acceptors (Lipinski definition) is 5. The maximum atomic E-state index is 11.8. The summed E-state index contributed by atoms with van der Waals surface area (Å²) in [6, 6.07) is 5.24. The van der Waals surface area contributed by atoms with E-state index in [1.807, 2.05) is 0 Å². The number of rotatable bonds is 5. The van der Waals surface area contributed by atoms with Gasteiger partial charge in [0.2, 0.25) is 15.9 Å². The first-order valence-corrected chi connectivity index (χ1v) is 9.55. The third kappa shape index (κ3) is 4.80. The average molecular weight is 334 g/mol. The van der Waals surface area contributed by atoms with Crippen LogP contribution in [0.25, 0.3) is 0 Å². The second kappa shape index (κ2) is 6.12. The quantitative estimate of drug-likeness (QED) is 0.781. The molecule has 0 fully saturated rings. The largest absolute Gasteiger partial charge is 0.348 e. The third-order valence-electron chi connectivity index (χ3n) is 3.06. The normalized spacial score (nSPS) is 15.2.